The summed E-state index contributed by atoms with van der Waals surface area (Å²) in [4.78, 5) is 31.9. The molecule has 1 amide bonds. The number of hydrogen-bond donors (Lipinski definition) is 2. The first-order valence-electron chi connectivity index (χ1n) is 8.86. The van der Waals surface area contributed by atoms with E-state index in [9.17, 15) is 14.0 Å². The second-order valence-electron chi connectivity index (χ2n) is 6.25. The van der Waals surface area contributed by atoms with Gasteiger partial charge in [-0.15, -0.1) is 0 Å². The highest BCUT2D eigenvalue weighted by molar-refractivity contribution is 7.99. The first-order chi connectivity index (χ1) is 14.5. The van der Waals surface area contributed by atoms with Crippen molar-refractivity contribution < 1.29 is 9.18 Å². The Morgan fingerprint density at radius 3 is 2.67 bits per heavy atom. The monoisotopic (exact) mass is 458 g/mol. The molecule has 4 rings (SSSR count). The van der Waals surface area contributed by atoms with Crippen molar-refractivity contribution >= 4 is 51.6 Å². The van der Waals surface area contributed by atoms with Gasteiger partial charge in [-0.05, 0) is 42.0 Å². The Bertz CT molecular complexity index is 1310. The molecule has 10 heteroatoms. The fraction of sp³-hybridized carbons (Fsp3) is 0.100. The lowest BCUT2D eigenvalue weighted by atomic mass is 10.2. The Balaban J connectivity index is 1.50. The minimum absolute atomic E-state index is 0.0752. The van der Waals surface area contributed by atoms with Gasteiger partial charge in [-0.3, -0.25) is 14.2 Å². The van der Waals surface area contributed by atoms with Crippen molar-refractivity contribution in [1.82, 2.24) is 19.9 Å². The summed E-state index contributed by atoms with van der Waals surface area (Å²) in [6.45, 7) is 0.292. The van der Waals surface area contributed by atoms with E-state index in [-0.39, 0.29) is 23.0 Å². The molecule has 0 radical (unpaired) electrons. The van der Waals surface area contributed by atoms with Crippen molar-refractivity contribution in [3.8, 4) is 5.69 Å². The predicted molar refractivity (Wildman–Crippen MR) is 119 cm³/mol. The number of para-hydroxylation sites is 1. The van der Waals surface area contributed by atoms with Crippen LogP contribution in [0.4, 0.5) is 4.39 Å². The van der Waals surface area contributed by atoms with Crippen molar-refractivity contribution in [3.63, 3.8) is 0 Å². The van der Waals surface area contributed by atoms with Gasteiger partial charge >= 0.3 is 0 Å². The molecule has 0 atom stereocenters. The quantitative estimate of drug-likeness (QED) is 0.259. The van der Waals surface area contributed by atoms with Crippen molar-refractivity contribution in [3.05, 3.63) is 80.3 Å². The summed E-state index contributed by atoms with van der Waals surface area (Å²) in [6.07, 6.45) is 0. The van der Waals surface area contributed by atoms with Crippen LogP contribution in [0, 0.1) is 9.77 Å². The van der Waals surface area contributed by atoms with E-state index in [0.29, 0.717) is 26.0 Å². The summed E-state index contributed by atoms with van der Waals surface area (Å²) >= 11 is 7.75. The van der Waals surface area contributed by atoms with Gasteiger partial charge in [-0.2, -0.15) is 0 Å². The molecule has 0 saturated heterocycles. The standard InChI is InChI=1S/C20H15FN4O2S3/c21-13-8-6-12(7-9-13)10-22-15(26)11-29-19-23-17-16(18(27)24-19)30-20(28)25(17)14-4-2-1-3-5-14/h1-9H,10-11H2,(H,22,26)(H,23,24,27). The van der Waals surface area contributed by atoms with Crippen LogP contribution in [0.25, 0.3) is 16.0 Å². The van der Waals surface area contributed by atoms with Crippen LogP contribution in [0.1, 0.15) is 5.56 Å². The summed E-state index contributed by atoms with van der Waals surface area (Å²) in [5.41, 5.74) is 1.79. The fourth-order valence-corrected chi connectivity index (χ4v) is 4.71. The van der Waals surface area contributed by atoms with Gasteiger partial charge in [-0.1, -0.05) is 53.4 Å². The van der Waals surface area contributed by atoms with Crippen LogP contribution in [0.15, 0.2) is 64.5 Å². The second kappa shape index (κ2) is 8.90. The summed E-state index contributed by atoms with van der Waals surface area (Å²) in [5, 5.41) is 3.10. The molecular formula is C20H15FN4O2S3. The normalized spacial score (nSPS) is 11.0. The number of thioether (sulfide) groups is 1. The number of amides is 1. The molecule has 30 heavy (non-hydrogen) atoms. The average molecular weight is 459 g/mol. The van der Waals surface area contributed by atoms with Crippen LogP contribution < -0.4 is 10.9 Å². The van der Waals surface area contributed by atoms with E-state index in [0.717, 1.165) is 23.0 Å². The topological polar surface area (TPSA) is 79.8 Å². The number of carbonyl (C=O) groups excluding carboxylic acids is 1. The largest absolute Gasteiger partial charge is 0.351 e. The summed E-state index contributed by atoms with van der Waals surface area (Å²) in [5.74, 6) is -0.474. The van der Waals surface area contributed by atoms with Crippen LogP contribution in [0.2, 0.25) is 0 Å². The van der Waals surface area contributed by atoms with Gasteiger partial charge in [-0.25, -0.2) is 9.37 Å². The number of thiazole rings is 1. The first-order valence-corrected chi connectivity index (χ1v) is 11.1. The molecule has 0 unspecified atom stereocenters. The summed E-state index contributed by atoms with van der Waals surface area (Å²) < 4.78 is 15.7. The number of H-pyrrole nitrogens is 1. The number of carbonyl (C=O) groups is 1. The molecule has 6 nitrogen and oxygen atoms in total. The highest BCUT2D eigenvalue weighted by atomic mass is 32.2. The maximum absolute atomic E-state index is 12.9. The van der Waals surface area contributed by atoms with Gasteiger partial charge in [0.05, 0.1) is 5.75 Å². The zero-order valence-corrected chi connectivity index (χ0v) is 17.9. The van der Waals surface area contributed by atoms with Crippen LogP contribution in [0.3, 0.4) is 0 Å². The number of fused-ring (bicyclic) bond motifs is 1. The molecule has 2 aromatic carbocycles. The van der Waals surface area contributed by atoms with E-state index in [1.807, 2.05) is 30.3 Å². The SMILES string of the molecule is O=C(CSc1nc2c(sc(=S)n2-c2ccccc2)c(=O)[nH]1)NCc1ccc(F)cc1. The predicted octanol–water partition coefficient (Wildman–Crippen LogP) is 4.05. The molecule has 0 bridgehead atoms. The van der Waals surface area contributed by atoms with Gasteiger partial charge in [0.2, 0.25) is 5.91 Å². The lowest BCUT2D eigenvalue weighted by Crippen LogP contribution is -2.24. The Labute approximate surface area is 183 Å². The molecule has 4 aromatic rings. The molecule has 0 fully saturated rings. The molecule has 0 aliphatic carbocycles. The van der Waals surface area contributed by atoms with Gasteiger partial charge < -0.3 is 10.3 Å². The fourth-order valence-electron chi connectivity index (χ4n) is 2.75. The Morgan fingerprint density at radius 1 is 1.20 bits per heavy atom. The third kappa shape index (κ3) is 4.50. The van der Waals surface area contributed by atoms with Crippen LogP contribution in [0.5, 0.6) is 0 Å². The van der Waals surface area contributed by atoms with Gasteiger partial charge in [0.25, 0.3) is 5.56 Å². The van der Waals surface area contributed by atoms with E-state index in [1.54, 1.807) is 16.7 Å². The van der Waals surface area contributed by atoms with Crippen LogP contribution in [-0.2, 0) is 11.3 Å². The Morgan fingerprint density at radius 2 is 1.93 bits per heavy atom. The third-order valence-corrected chi connectivity index (χ3v) is 6.41. The van der Waals surface area contributed by atoms with Crippen molar-refractivity contribution in [2.45, 2.75) is 11.7 Å². The van der Waals surface area contributed by atoms with E-state index in [2.05, 4.69) is 15.3 Å². The highest BCUT2D eigenvalue weighted by Gasteiger charge is 2.14. The number of benzene rings is 2. The van der Waals surface area contributed by atoms with Crippen molar-refractivity contribution in [1.29, 1.82) is 0 Å². The summed E-state index contributed by atoms with van der Waals surface area (Å²) in [7, 11) is 0. The molecule has 0 aliphatic heterocycles. The maximum Gasteiger partial charge on any atom is 0.271 e. The number of aromatic nitrogens is 3. The molecule has 152 valence electrons. The molecular weight excluding hydrogens is 443 g/mol. The maximum atomic E-state index is 12.9. The molecule has 2 N–H and O–H groups in total. The zero-order valence-electron chi connectivity index (χ0n) is 15.4. The smallest absolute Gasteiger partial charge is 0.271 e. The number of nitrogens with one attached hydrogen (secondary N) is 2. The third-order valence-electron chi connectivity index (χ3n) is 4.18. The van der Waals surface area contributed by atoms with E-state index in [4.69, 9.17) is 12.2 Å². The van der Waals surface area contributed by atoms with E-state index in [1.165, 1.54) is 23.5 Å². The van der Waals surface area contributed by atoms with Crippen molar-refractivity contribution in [2.75, 3.05) is 5.75 Å². The molecule has 0 aliphatic rings. The Kier molecular flexibility index (Phi) is 6.07. The zero-order chi connectivity index (χ0) is 21.1. The molecule has 2 aromatic heterocycles. The second-order valence-corrected chi connectivity index (χ2v) is 8.86. The van der Waals surface area contributed by atoms with E-state index < -0.39 is 0 Å². The van der Waals surface area contributed by atoms with E-state index >= 15 is 0 Å². The number of nitrogens with zero attached hydrogens (tertiary/aromatic N) is 2. The molecule has 2 heterocycles. The average Bonchev–Trinajstić information content (AvgIpc) is 3.09. The Hall–Kier alpha value is -2.82. The molecule has 0 saturated carbocycles. The minimum atomic E-state index is -0.325. The van der Waals surface area contributed by atoms with Crippen LogP contribution >= 0.6 is 35.3 Å². The number of halogens is 1. The number of aromatic amines is 1. The van der Waals surface area contributed by atoms with Gasteiger partial charge in [0.1, 0.15) is 10.5 Å². The lowest BCUT2D eigenvalue weighted by molar-refractivity contribution is -0.118. The highest BCUT2D eigenvalue weighted by Crippen LogP contribution is 2.24. The summed E-state index contributed by atoms with van der Waals surface area (Å²) in [6, 6.07) is 15.4. The van der Waals surface area contributed by atoms with Gasteiger partial charge in [0, 0.05) is 12.2 Å². The van der Waals surface area contributed by atoms with Crippen LogP contribution in [-0.4, -0.2) is 26.2 Å². The first kappa shape index (κ1) is 20.5. The lowest BCUT2D eigenvalue weighted by Gasteiger charge is -2.06. The minimum Gasteiger partial charge on any atom is -0.351 e. The van der Waals surface area contributed by atoms with Gasteiger partial charge in [0.15, 0.2) is 14.8 Å². The number of rotatable bonds is 6. The molecule has 0 spiro atoms. The van der Waals surface area contributed by atoms with Crippen molar-refractivity contribution in [2.24, 2.45) is 0 Å². The number of hydrogen-bond acceptors (Lipinski definition) is 6.